The molecule has 2 aromatic rings. The molecule has 0 unspecified atom stereocenters. The Labute approximate surface area is 220 Å². The largest absolute Gasteiger partial charge is 0.416 e. The van der Waals surface area contributed by atoms with E-state index in [1.165, 1.54) is 6.07 Å². The van der Waals surface area contributed by atoms with Gasteiger partial charge in [0.1, 0.15) is 0 Å². The highest BCUT2D eigenvalue weighted by molar-refractivity contribution is 9.10. The molecule has 0 amide bonds. The van der Waals surface area contributed by atoms with Crippen LogP contribution < -0.4 is 0 Å². The minimum absolute atomic E-state index is 0.0912. The number of carbonyl (C=O) groups is 1. The highest BCUT2D eigenvalue weighted by Crippen LogP contribution is 2.35. The van der Waals surface area contributed by atoms with Gasteiger partial charge in [0, 0.05) is 47.6 Å². The van der Waals surface area contributed by atoms with Crippen molar-refractivity contribution in [3.05, 3.63) is 68.7 Å². The molecule has 37 heavy (non-hydrogen) atoms. The fraction of sp³-hybridized carbons (Fsp3) is 0.480. The first-order valence-corrected chi connectivity index (χ1v) is 12.1. The van der Waals surface area contributed by atoms with Crippen LogP contribution in [0.2, 0.25) is 0 Å². The van der Waals surface area contributed by atoms with Gasteiger partial charge in [0.05, 0.1) is 11.1 Å². The first-order valence-electron chi connectivity index (χ1n) is 11.3. The molecule has 0 saturated carbocycles. The Morgan fingerprint density at radius 1 is 0.703 bits per heavy atom. The number of hydrogen-bond donors (Lipinski definition) is 0. The number of alkyl halides is 6. The van der Waals surface area contributed by atoms with E-state index < -0.39 is 36.1 Å². The molecule has 12 heteroatoms. The van der Waals surface area contributed by atoms with Crippen molar-refractivity contribution >= 4 is 22.2 Å². The van der Waals surface area contributed by atoms with E-state index >= 15 is 0 Å². The van der Waals surface area contributed by atoms with Crippen molar-refractivity contribution in [2.45, 2.75) is 52.6 Å². The number of carbonyl (C=O) groups excluding carboxylic acids is 1. The Balaban J connectivity index is 0.000000371. The molecule has 0 N–H and O–H groups in total. The first-order chi connectivity index (χ1) is 17.3. The van der Waals surface area contributed by atoms with Crippen molar-refractivity contribution in [2.75, 3.05) is 26.4 Å². The number of halogens is 7. The lowest BCUT2D eigenvalue weighted by atomic mass is 10.0. The predicted molar refractivity (Wildman–Crippen MR) is 128 cm³/mol. The Bertz CT molecular complexity index is 969. The van der Waals surface area contributed by atoms with Crippen LogP contribution in [0, 0.1) is 0 Å². The lowest BCUT2D eigenvalue weighted by molar-refractivity contribution is -0.144. The fourth-order valence-electron chi connectivity index (χ4n) is 3.02. The van der Waals surface area contributed by atoms with Crippen LogP contribution in [-0.2, 0) is 31.3 Å². The Hall–Kier alpha value is -1.99. The van der Waals surface area contributed by atoms with Gasteiger partial charge in [-0.05, 0) is 58.0 Å². The molecule has 208 valence electrons. The van der Waals surface area contributed by atoms with Crippen LogP contribution >= 0.6 is 15.9 Å². The van der Waals surface area contributed by atoms with Crippen molar-refractivity contribution in [1.82, 2.24) is 0 Å². The second-order valence-electron chi connectivity index (χ2n) is 7.18. The molecular weight excluding hydrogens is 574 g/mol. The lowest BCUT2D eigenvalue weighted by Crippen LogP contribution is -2.14. The molecule has 0 heterocycles. The molecule has 0 atom stereocenters. The van der Waals surface area contributed by atoms with E-state index in [1.807, 2.05) is 0 Å². The van der Waals surface area contributed by atoms with Crippen LogP contribution in [0.3, 0.4) is 0 Å². The number of ether oxygens (including phenoxy) is 4. The molecule has 0 aliphatic heterocycles. The summed E-state index contributed by atoms with van der Waals surface area (Å²) < 4.78 is 97.5. The van der Waals surface area contributed by atoms with E-state index in [2.05, 4.69) is 15.9 Å². The molecule has 5 nitrogen and oxygen atoms in total. The minimum Gasteiger partial charge on any atom is -0.349 e. The SMILES string of the molecule is CCOC(OCC)c1cc(C(F)(F)F)ccc1Br.CCOC(OCC)c1cc(C(F)(F)F)ccc1C=O. The quantitative estimate of drug-likeness (QED) is 0.148. The second kappa shape index (κ2) is 15.4. The summed E-state index contributed by atoms with van der Waals surface area (Å²) in [6.45, 7) is 8.14. The van der Waals surface area contributed by atoms with Gasteiger partial charge in [-0.25, -0.2) is 0 Å². The number of rotatable bonds is 11. The van der Waals surface area contributed by atoms with Crippen molar-refractivity contribution in [1.29, 1.82) is 0 Å². The van der Waals surface area contributed by atoms with Crippen LogP contribution in [0.4, 0.5) is 26.3 Å². The monoisotopic (exact) mass is 602 g/mol. The summed E-state index contributed by atoms with van der Waals surface area (Å²) in [5.74, 6) is 0. The summed E-state index contributed by atoms with van der Waals surface area (Å²) in [4.78, 5) is 10.9. The number of aldehydes is 1. The van der Waals surface area contributed by atoms with E-state index in [9.17, 15) is 31.1 Å². The van der Waals surface area contributed by atoms with E-state index in [1.54, 1.807) is 27.7 Å². The maximum Gasteiger partial charge on any atom is 0.416 e. The van der Waals surface area contributed by atoms with Gasteiger partial charge in [-0.1, -0.05) is 22.0 Å². The standard InChI is InChI=1S/C13H15F3O3.C12H14BrF3O2/c1-3-18-12(19-4-2)11-7-10(13(14,15)16)6-5-9(11)8-17;1-3-17-11(18-4-2)9-7-8(12(14,15)16)5-6-10(9)13/h5-8,12H,3-4H2,1-2H3;5-7,11H,3-4H2,1-2H3. The van der Waals surface area contributed by atoms with Gasteiger partial charge in [-0.3, -0.25) is 4.79 Å². The average Bonchev–Trinajstić information content (AvgIpc) is 2.83. The summed E-state index contributed by atoms with van der Waals surface area (Å²) in [6, 6.07) is 6.28. The fourth-order valence-corrected chi connectivity index (χ4v) is 3.46. The predicted octanol–water partition coefficient (Wildman–Crippen LogP) is 8.13. The third kappa shape index (κ3) is 10.4. The number of hydrogen-bond acceptors (Lipinski definition) is 5. The van der Waals surface area contributed by atoms with Gasteiger partial charge >= 0.3 is 12.4 Å². The maximum atomic E-state index is 12.7. The van der Waals surface area contributed by atoms with Crippen LogP contribution in [0.1, 0.15) is 72.9 Å². The molecule has 0 fully saturated rings. The van der Waals surface area contributed by atoms with E-state index in [0.717, 1.165) is 30.3 Å². The normalized spacial score (nSPS) is 12.0. The first kappa shape index (κ1) is 33.0. The molecule has 0 aliphatic carbocycles. The smallest absolute Gasteiger partial charge is 0.349 e. The third-order valence-corrected chi connectivity index (χ3v) is 5.37. The zero-order valence-electron chi connectivity index (χ0n) is 20.7. The van der Waals surface area contributed by atoms with Gasteiger partial charge < -0.3 is 18.9 Å². The second-order valence-corrected chi connectivity index (χ2v) is 8.03. The zero-order valence-corrected chi connectivity index (χ0v) is 22.3. The minimum atomic E-state index is -4.47. The third-order valence-electron chi connectivity index (χ3n) is 4.64. The highest BCUT2D eigenvalue weighted by atomic mass is 79.9. The summed E-state index contributed by atoms with van der Waals surface area (Å²) in [6.07, 6.45) is -10.1. The van der Waals surface area contributed by atoms with E-state index in [4.69, 9.17) is 18.9 Å². The number of benzene rings is 2. The molecule has 0 bridgehead atoms. The molecular formula is C25H29BrF6O5. The van der Waals surface area contributed by atoms with Crippen molar-refractivity contribution in [2.24, 2.45) is 0 Å². The van der Waals surface area contributed by atoms with Crippen LogP contribution in [0.25, 0.3) is 0 Å². The van der Waals surface area contributed by atoms with Gasteiger partial charge in [-0.15, -0.1) is 0 Å². The van der Waals surface area contributed by atoms with Crippen molar-refractivity contribution in [3.8, 4) is 0 Å². The topological polar surface area (TPSA) is 54.0 Å². The molecule has 0 radical (unpaired) electrons. The van der Waals surface area contributed by atoms with E-state index in [0.29, 0.717) is 29.5 Å². The Kier molecular flexibility index (Phi) is 13.8. The highest BCUT2D eigenvalue weighted by Gasteiger charge is 2.33. The zero-order chi connectivity index (χ0) is 28.2. The maximum absolute atomic E-state index is 12.7. The Morgan fingerprint density at radius 3 is 1.46 bits per heavy atom. The summed E-state index contributed by atoms with van der Waals surface area (Å²) in [5.41, 5.74) is -0.996. The summed E-state index contributed by atoms with van der Waals surface area (Å²) >= 11 is 3.21. The van der Waals surface area contributed by atoms with Crippen molar-refractivity contribution in [3.63, 3.8) is 0 Å². The molecule has 0 saturated heterocycles. The average molecular weight is 603 g/mol. The molecule has 2 aromatic carbocycles. The molecule has 0 aromatic heterocycles. The van der Waals surface area contributed by atoms with E-state index in [-0.39, 0.29) is 24.3 Å². The Morgan fingerprint density at radius 2 is 1.08 bits per heavy atom. The van der Waals surface area contributed by atoms with Crippen molar-refractivity contribution < 1.29 is 50.1 Å². The van der Waals surface area contributed by atoms with Gasteiger partial charge in [0.15, 0.2) is 18.9 Å². The van der Waals surface area contributed by atoms with Gasteiger partial charge in [0.2, 0.25) is 0 Å². The van der Waals surface area contributed by atoms with Gasteiger partial charge in [0.25, 0.3) is 0 Å². The van der Waals surface area contributed by atoms with Crippen LogP contribution in [0.15, 0.2) is 40.9 Å². The molecule has 0 spiro atoms. The molecule has 2 rings (SSSR count). The molecule has 0 aliphatic rings. The van der Waals surface area contributed by atoms with Gasteiger partial charge in [-0.2, -0.15) is 26.3 Å². The van der Waals surface area contributed by atoms with Crippen LogP contribution in [0.5, 0.6) is 0 Å². The van der Waals surface area contributed by atoms with Crippen LogP contribution in [-0.4, -0.2) is 32.7 Å². The summed E-state index contributed by atoms with van der Waals surface area (Å²) in [7, 11) is 0. The summed E-state index contributed by atoms with van der Waals surface area (Å²) in [5, 5.41) is 0. The lowest BCUT2D eigenvalue weighted by Gasteiger charge is -2.20.